The van der Waals surface area contributed by atoms with E-state index in [-0.39, 0.29) is 6.04 Å². The molecular weight excluding hydrogens is 512 g/mol. The standard InChI is InChI=1S/C33H36N6S/c1-5-21-13-26-10-11-31(39(26)35-17-21)30-16-29(36-19(2)3)28(18-34-30)33-38-37-32(40-33)25-14-23-8-9-24(15-25)27(23)12-20(4)22-6-7-22/h1,10-11,13,16-19,22-25,27H,4,6-9,12,14-15H2,2-3H3,(H,34,36)/t23-,24+,25?,27?. The number of hydrogen-bond donors (Lipinski definition) is 1. The summed E-state index contributed by atoms with van der Waals surface area (Å²) in [4.78, 5) is 4.86. The summed E-state index contributed by atoms with van der Waals surface area (Å²) in [5, 5.41) is 19.8. The first-order chi connectivity index (χ1) is 19.5. The van der Waals surface area contributed by atoms with Crippen molar-refractivity contribution in [1.29, 1.82) is 0 Å². The van der Waals surface area contributed by atoms with E-state index in [1.54, 1.807) is 17.5 Å². The van der Waals surface area contributed by atoms with Gasteiger partial charge in [-0.15, -0.1) is 16.6 Å². The third-order valence-electron chi connectivity index (χ3n) is 9.24. The molecule has 4 atom stereocenters. The van der Waals surface area contributed by atoms with Crippen LogP contribution in [0.15, 0.2) is 48.8 Å². The second-order valence-corrected chi connectivity index (χ2v) is 13.4. The molecule has 40 heavy (non-hydrogen) atoms. The maximum atomic E-state index is 5.56. The summed E-state index contributed by atoms with van der Waals surface area (Å²) in [5.41, 5.74) is 7.03. The Labute approximate surface area is 240 Å². The molecule has 3 saturated carbocycles. The fourth-order valence-corrected chi connectivity index (χ4v) is 8.12. The molecule has 1 N–H and O–H groups in total. The monoisotopic (exact) mass is 548 g/mol. The molecule has 0 radical (unpaired) electrons. The van der Waals surface area contributed by atoms with E-state index in [0.29, 0.717) is 5.92 Å². The number of fused-ring (bicyclic) bond motifs is 3. The maximum absolute atomic E-state index is 5.56. The predicted molar refractivity (Wildman–Crippen MR) is 162 cm³/mol. The van der Waals surface area contributed by atoms with Gasteiger partial charge in [-0.3, -0.25) is 4.98 Å². The highest BCUT2D eigenvalue weighted by Crippen LogP contribution is 2.55. The highest BCUT2D eigenvalue weighted by molar-refractivity contribution is 7.14. The number of hydrogen-bond acceptors (Lipinski definition) is 6. The van der Waals surface area contributed by atoms with Gasteiger partial charge in [0.15, 0.2) is 5.01 Å². The Morgan fingerprint density at radius 1 is 1.12 bits per heavy atom. The van der Waals surface area contributed by atoms with E-state index in [9.17, 15) is 0 Å². The van der Waals surface area contributed by atoms with Crippen LogP contribution in [0.25, 0.3) is 27.5 Å². The zero-order valence-electron chi connectivity index (χ0n) is 23.3. The minimum Gasteiger partial charge on any atom is -0.382 e. The van der Waals surface area contributed by atoms with Gasteiger partial charge in [0, 0.05) is 29.4 Å². The second kappa shape index (κ2) is 10.2. The highest BCUT2D eigenvalue weighted by Gasteiger charge is 2.44. The first-order valence-electron chi connectivity index (χ1n) is 14.7. The van der Waals surface area contributed by atoms with Crippen molar-refractivity contribution in [1.82, 2.24) is 24.8 Å². The molecule has 204 valence electrons. The number of anilines is 1. The van der Waals surface area contributed by atoms with Gasteiger partial charge in [-0.25, -0.2) is 4.52 Å². The Morgan fingerprint density at radius 2 is 1.93 bits per heavy atom. The lowest BCUT2D eigenvalue weighted by Gasteiger charge is -2.35. The smallest absolute Gasteiger partial charge is 0.151 e. The van der Waals surface area contributed by atoms with Crippen LogP contribution in [-0.2, 0) is 0 Å². The van der Waals surface area contributed by atoms with Crippen molar-refractivity contribution in [3.05, 3.63) is 59.4 Å². The second-order valence-electron chi connectivity index (χ2n) is 12.4. The molecule has 0 spiro atoms. The van der Waals surface area contributed by atoms with Crippen LogP contribution in [0.2, 0.25) is 0 Å². The molecule has 0 aromatic carbocycles. The van der Waals surface area contributed by atoms with Gasteiger partial charge in [-0.2, -0.15) is 5.10 Å². The molecule has 7 heteroatoms. The molecule has 2 unspecified atom stereocenters. The summed E-state index contributed by atoms with van der Waals surface area (Å²) < 4.78 is 1.88. The van der Waals surface area contributed by atoms with Crippen LogP contribution in [0.5, 0.6) is 0 Å². The molecule has 4 aromatic rings. The van der Waals surface area contributed by atoms with E-state index >= 15 is 0 Å². The van der Waals surface area contributed by atoms with Crippen LogP contribution in [0, 0.1) is 36.0 Å². The van der Waals surface area contributed by atoms with E-state index in [1.165, 1.54) is 55.5 Å². The van der Waals surface area contributed by atoms with Crippen molar-refractivity contribution in [2.75, 3.05) is 5.32 Å². The predicted octanol–water partition coefficient (Wildman–Crippen LogP) is 7.59. The van der Waals surface area contributed by atoms with Gasteiger partial charge in [0.05, 0.1) is 28.7 Å². The molecule has 4 aromatic heterocycles. The lowest BCUT2D eigenvalue weighted by Crippen LogP contribution is -2.25. The number of terminal acetylenes is 1. The molecule has 3 aliphatic carbocycles. The Balaban J connectivity index is 1.14. The molecule has 7 rings (SSSR count). The summed E-state index contributed by atoms with van der Waals surface area (Å²) in [6.07, 6.45) is 18.4. The Kier molecular flexibility index (Phi) is 6.47. The molecule has 4 heterocycles. The zero-order valence-corrected chi connectivity index (χ0v) is 24.1. The number of rotatable bonds is 8. The van der Waals surface area contributed by atoms with Gasteiger partial charge >= 0.3 is 0 Å². The van der Waals surface area contributed by atoms with Crippen molar-refractivity contribution >= 4 is 22.5 Å². The maximum Gasteiger partial charge on any atom is 0.151 e. The number of aromatic nitrogens is 5. The summed E-state index contributed by atoms with van der Waals surface area (Å²) in [6.45, 7) is 8.75. The Hall–Kier alpha value is -3.50. The normalized spacial score (nSPS) is 23.9. The first kappa shape index (κ1) is 25.5. The van der Waals surface area contributed by atoms with Gasteiger partial charge < -0.3 is 5.32 Å². The quantitative estimate of drug-likeness (QED) is 0.181. The van der Waals surface area contributed by atoms with E-state index in [0.717, 1.165) is 62.4 Å². The minimum atomic E-state index is 0.262. The topological polar surface area (TPSA) is 68.0 Å². The molecule has 0 amide bonds. The number of pyridine rings is 1. The van der Waals surface area contributed by atoms with Crippen LogP contribution in [0.1, 0.15) is 75.3 Å². The first-order valence-corrected chi connectivity index (χ1v) is 15.5. The fourth-order valence-electron chi connectivity index (χ4n) is 7.13. The average Bonchev–Trinajstić information content (AvgIpc) is 3.47. The lowest BCUT2D eigenvalue weighted by molar-refractivity contribution is 0.201. The van der Waals surface area contributed by atoms with Crippen LogP contribution in [0.3, 0.4) is 0 Å². The molecule has 3 aliphatic rings. The Morgan fingerprint density at radius 3 is 2.65 bits per heavy atom. The minimum absolute atomic E-state index is 0.262. The number of allylic oxidation sites excluding steroid dienone is 1. The SMILES string of the molecule is C#Cc1cnn2c(-c3cc(NC(C)C)c(-c4nnc(C5C[C@H]6CC[C@@H](C5)C6CC(=C)C5CC5)s4)cn3)ccc2c1. The fraction of sp³-hybridized carbons (Fsp3) is 0.455. The van der Waals surface area contributed by atoms with Crippen molar-refractivity contribution in [2.45, 2.75) is 70.8 Å². The molecule has 0 saturated heterocycles. The number of nitrogens with one attached hydrogen (secondary N) is 1. The average molecular weight is 549 g/mol. The van der Waals surface area contributed by atoms with Gasteiger partial charge in [0.25, 0.3) is 0 Å². The van der Waals surface area contributed by atoms with Crippen molar-refractivity contribution in [3.8, 4) is 34.3 Å². The van der Waals surface area contributed by atoms with Gasteiger partial charge in [-0.05, 0) is 107 Å². The lowest BCUT2D eigenvalue weighted by atomic mass is 9.71. The molecular formula is C33H36N6S. The van der Waals surface area contributed by atoms with Crippen LogP contribution >= 0.6 is 11.3 Å². The number of nitrogens with zero attached hydrogens (tertiary/aromatic N) is 5. The molecule has 6 nitrogen and oxygen atoms in total. The summed E-state index contributed by atoms with van der Waals surface area (Å²) >= 11 is 1.75. The van der Waals surface area contributed by atoms with Crippen molar-refractivity contribution in [2.24, 2.45) is 23.7 Å². The van der Waals surface area contributed by atoms with Gasteiger partial charge in [0.1, 0.15) is 5.01 Å². The van der Waals surface area contributed by atoms with Crippen molar-refractivity contribution < 1.29 is 0 Å². The third kappa shape index (κ3) is 4.73. The highest BCUT2D eigenvalue weighted by atomic mass is 32.1. The van der Waals surface area contributed by atoms with E-state index in [2.05, 4.69) is 42.8 Å². The largest absolute Gasteiger partial charge is 0.382 e. The van der Waals surface area contributed by atoms with E-state index in [1.807, 2.05) is 28.9 Å². The summed E-state index contributed by atoms with van der Waals surface area (Å²) in [7, 11) is 0. The Bertz CT molecular complexity index is 1610. The third-order valence-corrected chi connectivity index (χ3v) is 10.4. The van der Waals surface area contributed by atoms with E-state index < -0.39 is 0 Å². The van der Waals surface area contributed by atoms with Gasteiger partial charge in [-0.1, -0.05) is 29.4 Å². The van der Waals surface area contributed by atoms with Crippen molar-refractivity contribution in [3.63, 3.8) is 0 Å². The zero-order chi connectivity index (χ0) is 27.4. The summed E-state index contributed by atoms with van der Waals surface area (Å²) in [6, 6.07) is 8.39. The van der Waals surface area contributed by atoms with Crippen LogP contribution in [-0.4, -0.2) is 30.8 Å². The van der Waals surface area contributed by atoms with E-state index in [4.69, 9.17) is 21.6 Å². The molecule has 3 fully saturated rings. The van der Waals surface area contributed by atoms with Gasteiger partial charge in [0.2, 0.25) is 0 Å². The molecule has 0 aliphatic heterocycles. The summed E-state index contributed by atoms with van der Waals surface area (Å²) in [5.74, 6) is 6.47. The van der Waals surface area contributed by atoms with Crippen LogP contribution < -0.4 is 5.32 Å². The molecule has 2 bridgehead atoms. The van der Waals surface area contributed by atoms with Crippen LogP contribution in [0.4, 0.5) is 5.69 Å².